The van der Waals surface area contributed by atoms with E-state index in [9.17, 15) is 0 Å². The zero-order valence-electron chi connectivity index (χ0n) is 13.5. The number of hydrogen-bond acceptors (Lipinski definition) is 2. The van der Waals surface area contributed by atoms with Gasteiger partial charge >= 0.3 is 0 Å². The second kappa shape index (κ2) is 8.35. The number of benzene rings is 1. The molecule has 4 N–H and O–H groups in total. The molecule has 0 saturated heterocycles. The molecule has 1 aromatic rings. The van der Waals surface area contributed by atoms with Crippen molar-refractivity contribution in [3.63, 3.8) is 0 Å². The third kappa shape index (κ3) is 5.14. The maximum absolute atomic E-state index is 6.16. The highest BCUT2D eigenvalue weighted by Gasteiger charge is 2.11. The van der Waals surface area contributed by atoms with Gasteiger partial charge in [-0.1, -0.05) is 57.2 Å². The predicted octanol–water partition coefficient (Wildman–Crippen LogP) is 4.90. The van der Waals surface area contributed by atoms with Gasteiger partial charge in [-0.3, -0.25) is 0 Å². The SMILES string of the molecule is C=C(N)C(/C=C\C)=C(/CCCC(C)C)c1ccccc1N. The van der Waals surface area contributed by atoms with E-state index in [1.807, 2.05) is 37.3 Å². The van der Waals surface area contributed by atoms with E-state index in [-0.39, 0.29) is 0 Å². The molecule has 2 heteroatoms. The van der Waals surface area contributed by atoms with Gasteiger partial charge in [-0.2, -0.15) is 0 Å². The van der Waals surface area contributed by atoms with E-state index in [0.29, 0.717) is 11.6 Å². The Morgan fingerprint density at radius 1 is 1.29 bits per heavy atom. The molecule has 1 aromatic carbocycles. The molecule has 0 unspecified atom stereocenters. The number of nitrogens with two attached hydrogens (primary N) is 2. The van der Waals surface area contributed by atoms with E-state index in [4.69, 9.17) is 11.5 Å². The summed E-state index contributed by atoms with van der Waals surface area (Å²) in [4.78, 5) is 0. The normalized spacial score (nSPS) is 12.8. The lowest BCUT2D eigenvalue weighted by Gasteiger charge is -2.16. The lowest BCUT2D eigenvalue weighted by molar-refractivity contribution is 0.562. The van der Waals surface area contributed by atoms with Crippen molar-refractivity contribution in [1.29, 1.82) is 0 Å². The van der Waals surface area contributed by atoms with Crippen LogP contribution in [0, 0.1) is 5.92 Å². The van der Waals surface area contributed by atoms with Gasteiger partial charge in [-0.15, -0.1) is 0 Å². The molecule has 0 aliphatic heterocycles. The zero-order valence-corrected chi connectivity index (χ0v) is 13.5. The van der Waals surface area contributed by atoms with Crippen molar-refractivity contribution in [3.8, 4) is 0 Å². The Bertz CT molecular complexity index is 536. The average Bonchev–Trinajstić information content (AvgIpc) is 2.42. The molecule has 0 spiro atoms. The smallest absolute Gasteiger partial charge is 0.0390 e. The standard InChI is InChI=1S/C19H28N2/c1-5-9-16(15(4)20)17(12-8-10-14(2)3)18-11-6-7-13-19(18)21/h5-7,9,11,13-14H,4,8,10,12,20-21H2,1-3H3/b9-5-,17-16-. The Kier molecular flexibility index (Phi) is 6.80. The summed E-state index contributed by atoms with van der Waals surface area (Å²) in [5.41, 5.74) is 16.8. The molecule has 0 bridgehead atoms. The highest BCUT2D eigenvalue weighted by atomic mass is 14.6. The van der Waals surface area contributed by atoms with Gasteiger partial charge in [0.25, 0.3) is 0 Å². The van der Waals surface area contributed by atoms with Gasteiger partial charge in [0.05, 0.1) is 0 Å². The first-order chi connectivity index (χ1) is 9.97. The molecule has 0 atom stereocenters. The minimum atomic E-state index is 0.593. The minimum absolute atomic E-state index is 0.593. The third-order valence-corrected chi connectivity index (χ3v) is 3.50. The van der Waals surface area contributed by atoms with Gasteiger partial charge in [0.2, 0.25) is 0 Å². The van der Waals surface area contributed by atoms with Crippen molar-refractivity contribution >= 4 is 11.3 Å². The maximum atomic E-state index is 6.16. The fourth-order valence-electron chi connectivity index (χ4n) is 2.44. The highest BCUT2D eigenvalue weighted by Crippen LogP contribution is 2.31. The van der Waals surface area contributed by atoms with Gasteiger partial charge in [-0.05, 0) is 37.3 Å². The van der Waals surface area contributed by atoms with Crippen LogP contribution >= 0.6 is 0 Å². The van der Waals surface area contributed by atoms with Crippen LogP contribution in [0.25, 0.3) is 5.57 Å². The van der Waals surface area contributed by atoms with Crippen molar-refractivity contribution in [2.75, 3.05) is 5.73 Å². The largest absolute Gasteiger partial charge is 0.399 e. The highest BCUT2D eigenvalue weighted by molar-refractivity contribution is 5.80. The maximum Gasteiger partial charge on any atom is 0.0390 e. The van der Waals surface area contributed by atoms with Gasteiger partial charge in [-0.25, -0.2) is 0 Å². The Morgan fingerprint density at radius 2 is 1.95 bits per heavy atom. The fraction of sp³-hybridized carbons (Fsp3) is 0.368. The summed E-state index contributed by atoms with van der Waals surface area (Å²) >= 11 is 0. The average molecular weight is 284 g/mol. The topological polar surface area (TPSA) is 52.0 Å². The Morgan fingerprint density at radius 3 is 2.48 bits per heavy atom. The summed E-state index contributed by atoms with van der Waals surface area (Å²) in [6.45, 7) is 10.4. The second-order valence-electron chi connectivity index (χ2n) is 5.79. The van der Waals surface area contributed by atoms with E-state index >= 15 is 0 Å². The molecular weight excluding hydrogens is 256 g/mol. The van der Waals surface area contributed by atoms with Crippen LogP contribution in [0.1, 0.15) is 45.6 Å². The number of nitrogen functional groups attached to an aromatic ring is 1. The lowest BCUT2D eigenvalue weighted by Crippen LogP contribution is -2.03. The van der Waals surface area contributed by atoms with Crippen molar-refractivity contribution < 1.29 is 0 Å². The van der Waals surface area contributed by atoms with Gasteiger partial charge < -0.3 is 11.5 Å². The van der Waals surface area contributed by atoms with E-state index in [1.54, 1.807) is 0 Å². The minimum Gasteiger partial charge on any atom is -0.399 e. The van der Waals surface area contributed by atoms with Crippen LogP contribution in [-0.2, 0) is 0 Å². The Labute approximate surface area is 129 Å². The first-order valence-corrected chi connectivity index (χ1v) is 7.62. The molecule has 0 saturated carbocycles. The second-order valence-corrected chi connectivity index (χ2v) is 5.79. The first-order valence-electron chi connectivity index (χ1n) is 7.62. The molecule has 114 valence electrons. The molecule has 0 fully saturated rings. The van der Waals surface area contributed by atoms with E-state index in [1.165, 1.54) is 12.0 Å². The quantitative estimate of drug-likeness (QED) is 0.553. The lowest BCUT2D eigenvalue weighted by atomic mass is 9.91. The van der Waals surface area contributed by atoms with Crippen molar-refractivity contribution in [3.05, 3.63) is 59.8 Å². The molecule has 1 rings (SSSR count). The molecule has 0 aliphatic rings. The van der Waals surface area contributed by atoms with Gasteiger partial charge in [0, 0.05) is 22.5 Å². The summed E-state index contributed by atoms with van der Waals surface area (Å²) in [5.74, 6) is 0.700. The number of para-hydroxylation sites is 1. The molecule has 0 heterocycles. The van der Waals surface area contributed by atoms with E-state index < -0.39 is 0 Å². The molecule has 0 radical (unpaired) electrons. The summed E-state index contributed by atoms with van der Waals surface area (Å²) in [7, 11) is 0. The molecule has 2 nitrogen and oxygen atoms in total. The number of allylic oxidation sites excluding steroid dienone is 3. The molecule has 0 amide bonds. The van der Waals surface area contributed by atoms with Crippen LogP contribution in [0.4, 0.5) is 5.69 Å². The third-order valence-electron chi connectivity index (χ3n) is 3.50. The van der Waals surface area contributed by atoms with Crippen LogP contribution in [0.5, 0.6) is 0 Å². The molecule has 0 aromatic heterocycles. The number of hydrogen-bond donors (Lipinski definition) is 2. The molecule has 0 aliphatic carbocycles. The Hall–Kier alpha value is -1.96. The van der Waals surface area contributed by atoms with Crippen molar-refractivity contribution in [2.24, 2.45) is 11.7 Å². The Balaban J connectivity index is 3.25. The molecular formula is C19H28N2. The summed E-state index contributed by atoms with van der Waals surface area (Å²) in [6.07, 6.45) is 7.29. The summed E-state index contributed by atoms with van der Waals surface area (Å²) in [5, 5.41) is 0. The van der Waals surface area contributed by atoms with Crippen LogP contribution in [0.3, 0.4) is 0 Å². The van der Waals surface area contributed by atoms with Gasteiger partial charge in [0.15, 0.2) is 0 Å². The van der Waals surface area contributed by atoms with E-state index in [0.717, 1.165) is 29.7 Å². The van der Waals surface area contributed by atoms with Crippen LogP contribution in [0.2, 0.25) is 0 Å². The first kappa shape index (κ1) is 17.1. The molecule has 21 heavy (non-hydrogen) atoms. The van der Waals surface area contributed by atoms with E-state index in [2.05, 4.69) is 26.5 Å². The van der Waals surface area contributed by atoms with Crippen LogP contribution < -0.4 is 11.5 Å². The summed E-state index contributed by atoms with van der Waals surface area (Å²) in [6, 6.07) is 7.97. The van der Waals surface area contributed by atoms with Crippen molar-refractivity contribution in [1.82, 2.24) is 0 Å². The monoisotopic (exact) mass is 284 g/mol. The van der Waals surface area contributed by atoms with Crippen molar-refractivity contribution in [2.45, 2.75) is 40.0 Å². The fourth-order valence-corrected chi connectivity index (χ4v) is 2.44. The van der Waals surface area contributed by atoms with Gasteiger partial charge in [0.1, 0.15) is 0 Å². The predicted molar refractivity (Wildman–Crippen MR) is 94.6 cm³/mol. The van der Waals surface area contributed by atoms with Crippen LogP contribution in [0.15, 0.2) is 54.3 Å². The zero-order chi connectivity index (χ0) is 15.8. The van der Waals surface area contributed by atoms with Crippen LogP contribution in [-0.4, -0.2) is 0 Å². The number of anilines is 1. The summed E-state index contributed by atoms with van der Waals surface area (Å²) < 4.78 is 0. The number of rotatable bonds is 7.